The molecule has 0 amide bonds. The Hall–Kier alpha value is -1.18. The third-order valence-electron chi connectivity index (χ3n) is 3.20. The molecule has 0 bridgehead atoms. The molecule has 0 spiro atoms. The van der Waals surface area contributed by atoms with Gasteiger partial charge in [-0.15, -0.1) is 0 Å². The number of benzene rings is 2. The first-order chi connectivity index (χ1) is 9.10. The van der Waals surface area contributed by atoms with E-state index in [0.717, 1.165) is 27.7 Å². The van der Waals surface area contributed by atoms with Gasteiger partial charge in [-0.3, -0.25) is 0 Å². The second kappa shape index (κ2) is 6.31. The van der Waals surface area contributed by atoms with E-state index in [0.29, 0.717) is 0 Å². The number of hydrogen-bond acceptors (Lipinski definition) is 1. The van der Waals surface area contributed by atoms with Crippen LogP contribution in [-0.2, 0) is 0 Å². The Kier molecular flexibility index (Phi) is 4.73. The van der Waals surface area contributed by atoms with Crippen LogP contribution in [0.1, 0.15) is 30.5 Å². The van der Waals surface area contributed by atoms with Crippen molar-refractivity contribution >= 4 is 28.9 Å². The number of aryl methyl sites for hydroxylation is 1. The summed E-state index contributed by atoms with van der Waals surface area (Å²) in [6, 6.07) is 14.2. The highest BCUT2D eigenvalue weighted by Gasteiger charge is 2.10. The molecule has 0 aromatic heterocycles. The third kappa shape index (κ3) is 3.65. The van der Waals surface area contributed by atoms with Gasteiger partial charge in [0.05, 0.1) is 6.04 Å². The fourth-order valence-corrected chi connectivity index (χ4v) is 2.45. The molecule has 0 aliphatic rings. The van der Waals surface area contributed by atoms with Crippen molar-refractivity contribution in [2.24, 2.45) is 0 Å². The van der Waals surface area contributed by atoms with E-state index < -0.39 is 0 Å². The minimum atomic E-state index is 0.275. The van der Waals surface area contributed by atoms with Gasteiger partial charge in [0.15, 0.2) is 0 Å². The van der Waals surface area contributed by atoms with Gasteiger partial charge in [-0.2, -0.15) is 0 Å². The Bertz CT molecular complexity index is 549. The molecule has 0 fully saturated rings. The van der Waals surface area contributed by atoms with E-state index >= 15 is 0 Å². The zero-order valence-corrected chi connectivity index (χ0v) is 12.6. The van der Waals surface area contributed by atoms with E-state index in [2.05, 4.69) is 31.3 Å². The summed E-state index contributed by atoms with van der Waals surface area (Å²) in [6.07, 6.45) is 1.00. The first-order valence-electron chi connectivity index (χ1n) is 6.38. The highest BCUT2D eigenvalue weighted by Crippen LogP contribution is 2.27. The maximum absolute atomic E-state index is 5.98. The number of hydrogen-bond donors (Lipinski definition) is 1. The normalized spacial score (nSPS) is 12.2. The number of rotatable bonds is 4. The molecule has 2 aromatic carbocycles. The first-order valence-corrected chi connectivity index (χ1v) is 7.14. The molecule has 0 aliphatic heterocycles. The van der Waals surface area contributed by atoms with Crippen LogP contribution >= 0.6 is 23.2 Å². The molecule has 0 heterocycles. The van der Waals surface area contributed by atoms with E-state index in [9.17, 15) is 0 Å². The smallest absolute Gasteiger partial charge is 0.0511 e. The van der Waals surface area contributed by atoms with Crippen molar-refractivity contribution in [3.05, 3.63) is 63.6 Å². The predicted molar refractivity (Wildman–Crippen MR) is 84.3 cm³/mol. The highest BCUT2D eigenvalue weighted by molar-refractivity contribution is 6.30. The van der Waals surface area contributed by atoms with E-state index in [1.54, 1.807) is 0 Å². The van der Waals surface area contributed by atoms with Gasteiger partial charge in [0.1, 0.15) is 0 Å². The lowest BCUT2D eigenvalue weighted by Crippen LogP contribution is -2.10. The maximum Gasteiger partial charge on any atom is 0.0511 e. The summed E-state index contributed by atoms with van der Waals surface area (Å²) in [7, 11) is 0. The number of anilines is 1. The lowest BCUT2D eigenvalue weighted by Gasteiger charge is -2.20. The van der Waals surface area contributed by atoms with Crippen molar-refractivity contribution in [1.82, 2.24) is 0 Å². The zero-order chi connectivity index (χ0) is 13.8. The maximum atomic E-state index is 5.98. The van der Waals surface area contributed by atoms with Crippen molar-refractivity contribution in [3.8, 4) is 0 Å². The van der Waals surface area contributed by atoms with Crippen LogP contribution in [0.25, 0.3) is 0 Å². The molecule has 2 rings (SSSR count). The van der Waals surface area contributed by atoms with Gasteiger partial charge in [-0.1, -0.05) is 42.3 Å². The van der Waals surface area contributed by atoms with Crippen LogP contribution in [0.15, 0.2) is 42.5 Å². The molecule has 0 radical (unpaired) electrons. The topological polar surface area (TPSA) is 12.0 Å². The average Bonchev–Trinajstić information content (AvgIpc) is 2.39. The van der Waals surface area contributed by atoms with Crippen molar-refractivity contribution in [1.29, 1.82) is 0 Å². The fraction of sp³-hybridized carbons (Fsp3) is 0.250. The molecular weight excluding hydrogens is 277 g/mol. The molecule has 1 unspecified atom stereocenters. The molecule has 0 saturated heterocycles. The van der Waals surface area contributed by atoms with Gasteiger partial charge in [-0.05, 0) is 54.8 Å². The summed E-state index contributed by atoms with van der Waals surface area (Å²) >= 11 is 11.9. The van der Waals surface area contributed by atoms with Crippen molar-refractivity contribution in [3.63, 3.8) is 0 Å². The highest BCUT2D eigenvalue weighted by atomic mass is 35.5. The van der Waals surface area contributed by atoms with Crippen molar-refractivity contribution in [2.75, 3.05) is 5.32 Å². The molecule has 3 heteroatoms. The molecule has 19 heavy (non-hydrogen) atoms. The van der Waals surface area contributed by atoms with Gasteiger partial charge < -0.3 is 5.32 Å². The van der Waals surface area contributed by atoms with E-state index in [-0.39, 0.29) is 6.04 Å². The third-order valence-corrected chi connectivity index (χ3v) is 3.69. The van der Waals surface area contributed by atoms with Crippen LogP contribution in [0, 0.1) is 6.92 Å². The van der Waals surface area contributed by atoms with E-state index in [1.165, 1.54) is 5.56 Å². The molecule has 2 aromatic rings. The second-order valence-corrected chi connectivity index (χ2v) is 5.49. The van der Waals surface area contributed by atoms with Crippen LogP contribution in [0.5, 0.6) is 0 Å². The summed E-state index contributed by atoms with van der Waals surface area (Å²) < 4.78 is 0. The van der Waals surface area contributed by atoms with Gasteiger partial charge in [0.25, 0.3) is 0 Å². The molecule has 1 atom stereocenters. The first kappa shape index (κ1) is 14.2. The molecule has 1 N–H and O–H groups in total. The minimum Gasteiger partial charge on any atom is -0.378 e. The van der Waals surface area contributed by atoms with Crippen molar-refractivity contribution in [2.45, 2.75) is 26.3 Å². The number of nitrogens with one attached hydrogen (secondary N) is 1. The Labute approximate surface area is 124 Å². The van der Waals surface area contributed by atoms with Crippen LogP contribution in [0.2, 0.25) is 10.0 Å². The van der Waals surface area contributed by atoms with Gasteiger partial charge in [0.2, 0.25) is 0 Å². The van der Waals surface area contributed by atoms with Gasteiger partial charge >= 0.3 is 0 Å². The second-order valence-electron chi connectivity index (χ2n) is 4.62. The SMILES string of the molecule is CCC(Nc1ccc(Cl)cc1C)c1ccc(Cl)cc1. The summed E-state index contributed by atoms with van der Waals surface area (Å²) in [5.41, 5.74) is 3.51. The quantitative estimate of drug-likeness (QED) is 0.744. The summed E-state index contributed by atoms with van der Waals surface area (Å²) in [5, 5.41) is 5.09. The lowest BCUT2D eigenvalue weighted by atomic mass is 10.0. The number of halogens is 2. The van der Waals surface area contributed by atoms with Gasteiger partial charge in [0, 0.05) is 15.7 Å². The van der Waals surface area contributed by atoms with Crippen LogP contribution < -0.4 is 5.32 Å². The Balaban J connectivity index is 2.21. The molecular formula is C16H17Cl2N. The molecule has 100 valence electrons. The molecule has 1 nitrogen and oxygen atoms in total. The predicted octanol–water partition coefficient (Wildman–Crippen LogP) is 5.87. The fourth-order valence-electron chi connectivity index (χ4n) is 2.09. The zero-order valence-electron chi connectivity index (χ0n) is 11.1. The summed E-state index contributed by atoms with van der Waals surface area (Å²) in [5.74, 6) is 0. The standard InChI is InChI=1S/C16H17Cl2N/c1-3-15(12-4-6-13(17)7-5-12)19-16-9-8-14(18)10-11(16)2/h4-10,15,19H,3H2,1-2H3. The summed E-state index contributed by atoms with van der Waals surface area (Å²) in [6.45, 7) is 4.22. The van der Waals surface area contributed by atoms with Crippen LogP contribution in [0.4, 0.5) is 5.69 Å². The van der Waals surface area contributed by atoms with E-state index in [1.807, 2.05) is 30.3 Å². The Morgan fingerprint density at radius 2 is 1.63 bits per heavy atom. The van der Waals surface area contributed by atoms with Crippen molar-refractivity contribution < 1.29 is 0 Å². The molecule has 0 aliphatic carbocycles. The lowest BCUT2D eigenvalue weighted by molar-refractivity contribution is 0.748. The Morgan fingerprint density at radius 3 is 2.21 bits per heavy atom. The van der Waals surface area contributed by atoms with E-state index in [4.69, 9.17) is 23.2 Å². The Morgan fingerprint density at radius 1 is 1.00 bits per heavy atom. The summed E-state index contributed by atoms with van der Waals surface area (Å²) in [4.78, 5) is 0. The molecule has 0 saturated carbocycles. The monoisotopic (exact) mass is 293 g/mol. The minimum absolute atomic E-state index is 0.275. The van der Waals surface area contributed by atoms with Crippen LogP contribution in [0.3, 0.4) is 0 Å². The van der Waals surface area contributed by atoms with Crippen LogP contribution in [-0.4, -0.2) is 0 Å². The van der Waals surface area contributed by atoms with Gasteiger partial charge in [-0.25, -0.2) is 0 Å². The largest absolute Gasteiger partial charge is 0.378 e. The average molecular weight is 294 g/mol.